The van der Waals surface area contributed by atoms with E-state index in [4.69, 9.17) is 10.5 Å². The minimum absolute atomic E-state index is 0.0183. The number of piperazine rings is 1. The first-order valence-electron chi connectivity index (χ1n) is 10.3. The number of ether oxygens (including phenoxy) is 1. The molecule has 1 unspecified atom stereocenters. The van der Waals surface area contributed by atoms with Crippen LogP contribution in [0.5, 0.6) is 0 Å². The van der Waals surface area contributed by atoms with Crippen LogP contribution in [0.25, 0.3) is 0 Å². The Morgan fingerprint density at radius 2 is 1.89 bits per heavy atom. The lowest BCUT2D eigenvalue weighted by Crippen LogP contribution is -2.62. The molecule has 0 spiro atoms. The lowest BCUT2D eigenvalue weighted by Gasteiger charge is -2.46. The van der Waals surface area contributed by atoms with Gasteiger partial charge in [-0.2, -0.15) is 0 Å². The second kappa shape index (κ2) is 8.19. The third-order valence-electron chi connectivity index (χ3n) is 6.53. The van der Waals surface area contributed by atoms with E-state index in [2.05, 4.69) is 24.0 Å². The van der Waals surface area contributed by atoms with Crippen molar-refractivity contribution in [1.29, 1.82) is 0 Å². The van der Waals surface area contributed by atoms with E-state index in [0.717, 1.165) is 13.0 Å². The average Bonchev–Trinajstić information content (AvgIpc) is 3.01. The number of morpholine rings is 1. The van der Waals surface area contributed by atoms with Crippen molar-refractivity contribution >= 4 is 11.8 Å². The summed E-state index contributed by atoms with van der Waals surface area (Å²) in [5, 5.41) is 0. The van der Waals surface area contributed by atoms with E-state index in [1.54, 1.807) is 0 Å². The van der Waals surface area contributed by atoms with Crippen LogP contribution in [0.1, 0.15) is 18.9 Å². The summed E-state index contributed by atoms with van der Waals surface area (Å²) in [5.74, 6) is 0.0986. The molecule has 3 aliphatic rings. The first-order valence-corrected chi connectivity index (χ1v) is 10.3. The van der Waals surface area contributed by atoms with Crippen molar-refractivity contribution in [1.82, 2.24) is 14.7 Å². The van der Waals surface area contributed by atoms with E-state index < -0.39 is 0 Å². The van der Waals surface area contributed by atoms with Crippen molar-refractivity contribution < 1.29 is 14.3 Å². The van der Waals surface area contributed by atoms with Crippen molar-refractivity contribution in [3.05, 3.63) is 35.9 Å². The van der Waals surface area contributed by atoms with E-state index in [0.29, 0.717) is 32.8 Å². The number of rotatable bonds is 4. The number of fused-ring (bicyclic) bond motifs is 2. The molecule has 0 radical (unpaired) electrons. The normalized spacial score (nSPS) is 30.5. The Balaban J connectivity index is 1.59. The number of carbonyl (C=O) groups excluding carboxylic acids is 2. The van der Waals surface area contributed by atoms with Gasteiger partial charge in [-0.25, -0.2) is 0 Å². The van der Waals surface area contributed by atoms with Crippen molar-refractivity contribution in [2.75, 3.05) is 39.4 Å². The van der Waals surface area contributed by atoms with E-state index in [-0.39, 0.29) is 42.4 Å². The zero-order chi connectivity index (χ0) is 19.7. The van der Waals surface area contributed by atoms with Crippen LogP contribution in [0, 0.1) is 5.92 Å². The number of carbonyl (C=O) groups is 2. The molecule has 7 nitrogen and oxygen atoms in total. The number of benzene rings is 1. The van der Waals surface area contributed by atoms with Gasteiger partial charge < -0.3 is 20.3 Å². The molecule has 2 N–H and O–H groups in total. The van der Waals surface area contributed by atoms with Crippen LogP contribution in [0.3, 0.4) is 0 Å². The van der Waals surface area contributed by atoms with Crippen molar-refractivity contribution in [3.8, 4) is 0 Å². The zero-order valence-corrected chi connectivity index (χ0v) is 16.5. The van der Waals surface area contributed by atoms with E-state index in [1.165, 1.54) is 5.56 Å². The largest absolute Gasteiger partial charge is 0.378 e. The van der Waals surface area contributed by atoms with Gasteiger partial charge in [-0.1, -0.05) is 30.3 Å². The molecule has 0 aliphatic carbocycles. The molecule has 0 aromatic heterocycles. The number of likely N-dealkylation sites (tertiary alicyclic amines) is 1. The van der Waals surface area contributed by atoms with Gasteiger partial charge in [0.1, 0.15) is 0 Å². The van der Waals surface area contributed by atoms with Crippen LogP contribution in [0.2, 0.25) is 0 Å². The van der Waals surface area contributed by atoms with Crippen LogP contribution >= 0.6 is 0 Å². The molecule has 28 heavy (non-hydrogen) atoms. The third-order valence-corrected chi connectivity index (χ3v) is 6.53. The van der Waals surface area contributed by atoms with E-state index in [9.17, 15) is 9.59 Å². The first-order chi connectivity index (χ1) is 13.6. The van der Waals surface area contributed by atoms with Crippen molar-refractivity contribution in [2.45, 2.75) is 38.0 Å². The number of hydrogen-bond acceptors (Lipinski definition) is 5. The maximum atomic E-state index is 13.3. The SMILES string of the molecule is CC1[C@@H]2[C@@H](C(=O)N3CCOCC3)C[C@H](CN1C(=O)CN)N2Cc1ccccc1. The molecule has 2 bridgehead atoms. The van der Waals surface area contributed by atoms with Crippen LogP contribution < -0.4 is 5.73 Å². The molecule has 4 atom stereocenters. The summed E-state index contributed by atoms with van der Waals surface area (Å²) >= 11 is 0. The summed E-state index contributed by atoms with van der Waals surface area (Å²) in [5.41, 5.74) is 6.89. The van der Waals surface area contributed by atoms with Gasteiger partial charge in [0, 0.05) is 44.3 Å². The Hall–Kier alpha value is -1.96. The molecule has 3 aliphatic heterocycles. The highest BCUT2D eigenvalue weighted by atomic mass is 16.5. The summed E-state index contributed by atoms with van der Waals surface area (Å²) in [6.07, 6.45) is 0.798. The van der Waals surface area contributed by atoms with Gasteiger partial charge in [0.05, 0.1) is 25.7 Å². The fourth-order valence-electron chi connectivity index (χ4n) is 5.15. The lowest BCUT2D eigenvalue weighted by atomic mass is 9.92. The summed E-state index contributed by atoms with van der Waals surface area (Å²) in [7, 11) is 0. The maximum Gasteiger partial charge on any atom is 0.236 e. The fourth-order valence-corrected chi connectivity index (χ4v) is 5.15. The predicted octanol–water partition coefficient (Wildman–Crippen LogP) is 0.294. The van der Waals surface area contributed by atoms with E-state index in [1.807, 2.05) is 28.0 Å². The highest BCUT2D eigenvalue weighted by molar-refractivity contribution is 5.82. The summed E-state index contributed by atoms with van der Waals surface area (Å²) < 4.78 is 5.41. The van der Waals surface area contributed by atoms with Crippen LogP contribution in [-0.4, -0.2) is 84.0 Å². The van der Waals surface area contributed by atoms with E-state index >= 15 is 0 Å². The minimum Gasteiger partial charge on any atom is -0.378 e. The minimum atomic E-state index is -0.0858. The Kier molecular flexibility index (Phi) is 5.66. The van der Waals surface area contributed by atoms with Gasteiger partial charge in [0.2, 0.25) is 11.8 Å². The standard InChI is InChI=1S/C21H30N4O3/c1-15-20-18(21(27)23-7-9-28-10-8-23)11-17(14-24(15)19(26)12-22)25(20)13-16-5-3-2-4-6-16/h2-6,15,17-18,20H,7-14,22H2,1H3/t15?,17-,18+,20-/m1/s1. The second-order valence-electron chi connectivity index (χ2n) is 8.07. The highest BCUT2D eigenvalue weighted by Gasteiger charge is 2.53. The molecule has 3 saturated heterocycles. The first kappa shape index (κ1) is 19.4. The third kappa shape index (κ3) is 3.54. The Labute approximate surface area is 166 Å². The van der Waals surface area contributed by atoms with Crippen LogP contribution in [-0.2, 0) is 20.9 Å². The Morgan fingerprint density at radius 3 is 2.57 bits per heavy atom. The van der Waals surface area contributed by atoms with Crippen LogP contribution in [0.15, 0.2) is 30.3 Å². The van der Waals surface area contributed by atoms with Gasteiger partial charge in [-0.05, 0) is 18.9 Å². The number of amides is 2. The van der Waals surface area contributed by atoms with Gasteiger partial charge in [-0.3, -0.25) is 14.5 Å². The molecule has 3 heterocycles. The molecular weight excluding hydrogens is 356 g/mol. The highest BCUT2D eigenvalue weighted by Crippen LogP contribution is 2.40. The topological polar surface area (TPSA) is 79.1 Å². The number of hydrogen-bond donors (Lipinski definition) is 1. The quantitative estimate of drug-likeness (QED) is 0.805. The van der Waals surface area contributed by atoms with Gasteiger partial charge >= 0.3 is 0 Å². The monoisotopic (exact) mass is 386 g/mol. The van der Waals surface area contributed by atoms with Crippen molar-refractivity contribution in [2.24, 2.45) is 11.7 Å². The molecule has 0 saturated carbocycles. The molecule has 7 heteroatoms. The van der Waals surface area contributed by atoms with Gasteiger partial charge in [0.15, 0.2) is 0 Å². The second-order valence-corrected chi connectivity index (χ2v) is 8.07. The molecule has 1 aromatic carbocycles. The fraction of sp³-hybridized carbons (Fsp3) is 0.619. The average molecular weight is 386 g/mol. The van der Waals surface area contributed by atoms with Crippen LogP contribution in [0.4, 0.5) is 0 Å². The van der Waals surface area contributed by atoms with Crippen molar-refractivity contribution in [3.63, 3.8) is 0 Å². The molecule has 152 valence electrons. The number of nitrogens with two attached hydrogens (primary N) is 1. The predicted molar refractivity (Wildman–Crippen MR) is 105 cm³/mol. The zero-order valence-electron chi connectivity index (χ0n) is 16.5. The molecular formula is C21H30N4O3. The Bertz CT molecular complexity index is 707. The van der Waals surface area contributed by atoms with Gasteiger partial charge in [-0.15, -0.1) is 0 Å². The molecule has 3 fully saturated rings. The summed E-state index contributed by atoms with van der Waals surface area (Å²) in [6, 6.07) is 10.5. The van der Waals surface area contributed by atoms with Gasteiger partial charge in [0.25, 0.3) is 0 Å². The maximum absolute atomic E-state index is 13.3. The lowest BCUT2D eigenvalue weighted by molar-refractivity contribution is -0.144. The molecule has 2 amide bonds. The Morgan fingerprint density at radius 1 is 1.18 bits per heavy atom. The summed E-state index contributed by atoms with van der Waals surface area (Å²) in [6.45, 7) is 6.06. The smallest absolute Gasteiger partial charge is 0.236 e. The molecule has 4 rings (SSSR count). The number of nitrogens with zero attached hydrogens (tertiary/aromatic N) is 3. The molecule has 1 aromatic rings. The summed E-state index contributed by atoms with van der Waals surface area (Å²) in [4.78, 5) is 32.0.